The number of fused-ring (bicyclic) bond motifs is 3. The molecule has 0 amide bonds. The molecule has 2 aromatic rings. The van der Waals surface area contributed by atoms with Gasteiger partial charge in [0.05, 0.1) is 21.6 Å². The number of nitrogens with two attached hydrogens (primary N) is 1. The van der Waals surface area contributed by atoms with Crippen molar-refractivity contribution in [1.82, 2.24) is 4.57 Å². The van der Waals surface area contributed by atoms with E-state index in [1.54, 1.807) is 10.6 Å². The molecule has 1 unspecified atom stereocenters. The highest BCUT2D eigenvalue weighted by atomic mass is 32.2. The van der Waals surface area contributed by atoms with Gasteiger partial charge in [0.25, 0.3) is 0 Å². The van der Waals surface area contributed by atoms with Crippen molar-refractivity contribution in [3.05, 3.63) is 33.7 Å². The number of hydrogen-bond donors (Lipinski definition) is 2. The van der Waals surface area contributed by atoms with Gasteiger partial charge < -0.3 is 20.3 Å². The first kappa shape index (κ1) is 15.5. The first-order chi connectivity index (χ1) is 11.4. The molecule has 1 fully saturated rings. The van der Waals surface area contributed by atoms with E-state index in [1.165, 1.54) is 11.8 Å². The molecular weight excluding hydrogens is 333 g/mol. The summed E-state index contributed by atoms with van der Waals surface area (Å²) in [6.07, 6.45) is 0.791. The monoisotopic (exact) mass is 349 g/mol. The topological polar surface area (TPSA) is 88.6 Å². The molecule has 0 bridgehead atoms. The van der Waals surface area contributed by atoms with Crippen LogP contribution in [0.5, 0.6) is 0 Å². The lowest BCUT2D eigenvalue weighted by Crippen LogP contribution is -2.29. The number of carboxylic acid groups (broad SMARTS) is 1. The number of carbonyl (C=O) groups is 1. The summed E-state index contributed by atoms with van der Waals surface area (Å²) in [4.78, 5) is 25.8. The largest absolute Gasteiger partial charge is 0.477 e. The van der Waals surface area contributed by atoms with Crippen molar-refractivity contribution in [2.24, 2.45) is 5.73 Å². The summed E-state index contributed by atoms with van der Waals surface area (Å²) in [5.74, 6) is -1.80. The minimum atomic E-state index is -1.28. The summed E-state index contributed by atoms with van der Waals surface area (Å²) in [6.45, 7) is 3.15. The summed E-state index contributed by atoms with van der Waals surface area (Å²) in [5, 5.41) is 9.87. The van der Waals surface area contributed by atoms with Gasteiger partial charge in [0, 0.05) is 24.5 Å². The molecule has 1 aromatic carbocycles. The van der Waals surface area contributed by atoms with Crippen LogP contribution in [0, 0.1) is 5.82 Å². The van der Waals surface area contributed by atoms with Crippen molar-refractivity contribution in [2.75, 3.05) is 18.0 Å². The molecule has 0 spiro atoms. The van der Waals surface area contributed by atoms with E-state index in [4.69, 9.17) is 5.73 Å². The average molecular weight is 349 g/mol. The molecule has 2 aliphatic heterocycles. The predicted molar refractivity (Wildman–Crippen MR) is 90.5 cm³/mol. The van der Waals surface area contributed by atoms with Crippen molar-refractivity contribution in [3.8, 4) is 0 Å². The second-order valence-corrected chi connectivity index (χ2v) is 7.52. The number of halogens is 1. The van der Waals surface area contributed by atoms with Crippen LogP contribution in [0.2, 0.25) is 0 Å². The fourth-order valence-electron chi connectivity index (χ4n) is 3.47. The van der Waals surface area contributed by atoms with Crippen LogP contribution in [0.25, 0.3) is 10.9 Å². The standard InChI is InChI=1S/C16H16FN3O3S/c1-7-20-11-5-12(19-3-2-8(18)6-19)10(17)4-9(11)14(21)13(16(22)23)15(20)24-7/h4-5,7-8H,2-3,6,18H2,1H3,(H,22,23)/t7-,8?/m0/s1. The Morgan fingerprint density at radius 3 is 2.79 bits per heavy atom. The zero-order chi connectivity index (χ0) is 17.2. The highest BCUT2D eigenvalue weighted by Gasteiger charge is 2.33. The van der Waals surface area contributed by atoms with E-state index in [1.807, 2.05) is 11.8 Å². The number of thioether (sulfide) groups is 1. The number of anilines is 1. The molecule has 2 aliphatic rings. The zero-order valence-electron chi connectivity index (χ0n) is 13.0. The first-order valence-electron chi connectivity index (χ1n) is 7.70. The molecule has 0 aliphatic carbocycles. The predicted octanol–water partition coefficient (Wildman–Crippen LogP) is 2.00. The van der Waals surface area contributed by atoms with Crippen molar-refractivity contribution in [2.45, 2.75) is 29.8 Å². The second-order valence-electron chi connectivity index (χ2n) is 6.22. The third-order valence-corrected chi connectivity index (χ3v) is 5.83. The SMILES string of the molecule is C[C@@H]1Sc2c(C(=O)O)c(=O)c3cc(F)c(N4CCC(N)C4)cc3n21. The van der Waals surface area contributed by atoms with Crippen LogP contribution in [-0.4, -0.2) is 34.8 Å². The number of benzene rings is 1. The summed E-state index contributed by atoms with van der Waals surface area (Å²) in [5.41, 5.74) is 5.98. The number of hydrogen-bond acceptors (Lipinski definition) is 5. The quantitative estimate of drug-likeness (QED) is 0.862. The van der Waals surface area contributed by atoms with Gasteiger partial charge in [-0.05, 0) is 25.5 Å². The van der Waals surface area contributed by atoms with Crippen molar-refractivity contribution in [1.29, 1.82) is 0 Å². The number of aromatic carboxylic acids is 1. The second kappa shape index (κ2) is 5.22. The third-order valence-electron chi connectivity index (χ3n) is 4.65. The number of pyridine rings is 1. The van der Waals surface area contributed by atoms with Gasteiger partial charge in [0.2, 0.25) is 5.43 Å². The van der Waals surface area contributed by atoms with E-state index in [2.05, 4.69) is 0 Å². The molecule has 8 heteroatoms. The fourth-order valence-corrected chi connectivity index (χ4v) is 4.63. The molecule has 2 atom stereocenters. The van der Waals surface area contributed by atoms with Gasteiger partial charge in [-0.25, -0.2) is 9.18 Å². The average Bonchev–Trinajstić information content (AvgIpc) is 2.93. The van der Waals surface area contributed by atoms with Crippen LogP contribution >= 0.6 is 11.8 Å². The van der Waals surface area contributed by atoms with Crippen LogP contribution in [0.3, 0.4) is 0 Å². The number of aromatic nitrogens is 1. The van der Waals surface area contributed by atoms with E-state index in [-0.39, 0.29) is 22.4 Å². The molecule has 3 heterocycles. The molecule has 0 radical (unpaired) electrons. The Kier molecular flexibility index (Phi) is 3.36. The van der Waals surface area contributed by atoms with Crippen molar-refractivity contribution >= 4 is 34.3 Å². The Labute approximate surface area is 141 Å². The third kappa shape index (κ3) is 2.06. The highest BCUT2D eigenvalue weighted by Crippen LogP contribution is 2.46. The van der Waals surface area contributed by atoms with E-state index in [0.717, 1.165) is 12.5 Å². The molecule has 3 N–H and O–H groups in total. The van der Waals surface area contributed by atoms with Gasteiger partial charge in [0.1, 0.15) is 11.4 Å². The van der Waals surface area contributed by atoms with Gasteiger partial charge in [-0.2, -0.15) is 0 Å². The molecule has 6 nitrogen and oxygen atoms in total. The number of rotatable bonds is 2. The van der Waals surface area contributed by atoms with Crippen molar-refractivity contribution < 1.29 is 14.3 Å². The summed E-state index contributed by atoms with van der Waals surface area (Å²) < 4.78 is 16.4. The summed E-state index contributed by atoms with van der Waals surface area (Å²) in [6, 6.07) is 2.82. The normalized spacial score (nSPS) is 22.5. The van der Waals surface area contributed by atoms with Gasteiger partial charge in [-0.1, -0.05) is 11.8 Å². The lowest BCUT2D eigenvalue weighted by atomic mass is 10.1. The molecule has 1 saturated heterocycles. The molecule has 4 rings (SSSR count). The molecule has 24 heavy (non-hydrogen) atoms. The maximum atomic E-state index is 14.6. The molecule has 1 aromatic heterocycles. The van der Waals surface area contributed by atoms with Gasteiger partial charge >= 0.3 is 5.97 Å². The number of nitrogens with zero attached hydrogens (tertiary/aromatic N) is 2. The lowest BCUT2D eigenvalue weighted by molar-refractivity contribution is 0.0689. The number of carboxylic acids is 1. The highest BCUT2D eigenvalue weighted by molar-refractivity contribution is 8.00. The van der Waals surface area contributed by atoms with Crippen LogP contribution in [0.15, 0.2) is 22.0 Å². The summed E-state index contributed by atoms with van der Waals surface area (Å²) in [7, 11) is 0. The van der Waals surface area contributed by atoms with E-state index in [9.17, 15) is 19.1 Å². The Bertz CT molecular complexity index is 943. The lowest BCUT2D eigenvalue weighted by Gasteiger charge is -2.33. The van der Waals surface area contributed by atoms with E-state index in [0.29, 0.717) is 29.3 Å². The molecular formula is C16H16FN3O3S. The Morgan fingerprint density at radius 1 is 1.46 bits per heavy atom. The Balaban J connectivity index is 2.00. The minimum Gasteiger partial charge on any atom is -0.477 e. The zero-order valence-corrected chi connectivity index (χ0v) is 13.8. The minimum absolute atomic E-state index is 0.000321. The van der Waals surface area contributed by atoms with Crippen LogP contribution in [-0.2, 0) is 0 Å². The molecule has 126 valence electrons. The van der Waals surface area contributed by atoms with Crippen molar-refractivity contribution in [3.63, 3.8) is 0 Å². The Hall–Kier alpha value is -2.06. The van der Waals surface area contributed by atoms with E-state index < -0.39 is 17.2 Å². The van der Waals surface area contributed by atoms with Crippen LogP contribution in [0.4, 0.5) is 10.1 Å². The van der Waals surface area contributed by atoms with Gasteiger partial charge in [0.15, 0.2) is 0 Å². The summed E-state index contributed by atoms with van der Waals surface area (Å²) >= 11 is 1.34. The van der Waals surface area contributed by atoms with E-state index >= 15 is 0 Å². The van der Waals surface area contributed by atoms with Crippen LogP contribution < -0.4 is 16.1 Å². The van der Waals surface area contributed by atoms with Crippen LogP contribution in [0.1, 0.15) is 29.1 Å². The van der Waals surface area contributed by atoms with Gasteiger partial charge in [-0.15, -0.1) is 0 Å². The smallest absolute Gasteiger partial charge is 0.342 e. The molecule has 0 saturated carbocycles. The fraction of sp³-hybridized carbons (Fsp3) is 0.375. The van der Waals surface area contributed by atoms with Gasteiger partial charge in [-0.3, -0.25) is 4.79 Å². The first-order valence-corrected chi connectivity index (χ1v) is 8.58. The maximum absolute atomic E-state index is 14.6. The Morgan fingerprint density at radius 2 is 2.21 bits per heavy atom. The maximum Gasteiger partial charge on any atom is 0.342 e.